The van der Waals surface area contributed by atoms with Crippen LogP contribution in [0, 0.1) is 11.3 Å². The molecular weight excluding hydrogens is 269 g/mol. The van der Waals surface area contributed by atoms with Gasteiger partial charge < -0.3 is 4.90 Å². The van der Waals surface area contributed by atoms with Crippen LogP contribution in [0.1, 0.15) is 5.69 Å². The lowest BCUT2D eigenvalue weighted by Crippen LogP contribution is -2.10. The molecular formula is C13H11Cl2N3. The van der Waals surface area contributed by atoms with Crippen molar-refractivity contribution >= 4 is 39.8 Å². The second kappa shape index (κ2) is 5.01. The zero-order valence-corrected chi connectivity index (χ0v) is 11.5. The fourth-order valence-electron chi connectivity index (χ4n) is 1.83. The van der Waals surface area contributed by atoms with Crippen molar-refractivity contribution in [3.8, 4) is 6.07 Å². The van der Waals surface area contributed by atoms with Gasteiger partial charge in [-0.15, -0.1) is 0 Å². The first-order valence-corrected chi connectivity index (χ1v) is 6.11. The van der Waals surface area contributed by atoms with Gasteiger partial charge in [-0.1, -0.05) is 23.2 Å². The Hall–Kier alpha value is -1.50. The van der Waals surface area contributed by atoms with Crippen LogP contribution in [0.5, 0.6) is 0 Å². The van der Waals surface area contributed by atoms with Gasteiger partial charge in [0, 0.05) is 30.2 Å². The summed E-state index contributed by atoms with van der Waals surface area (Å²) in [6, 6.07) is 7.48. The number of hydrogen-bond acceptors (Lipinski definition) is 3. The third-order valence-electron chi connectivity index (χ3n) is 2.60. The van der Waals surface area contributed by atoms with Crippen LogP contribution in [0.15, 0.2) is 18.2 Å². The highest BCUT2D eigenvalue weighted by Gasteiger charge is 2.11. The third-order valence-corrected chi connectivity index (χ3v) is 3.11. The van der Waals surface area contributed by atoms with Crippen LogP contribution in [-0.2, 0) is 6.42 Å². The lowest BCUT2D eigenvalue weighted by atomic mass is 10.1. The van der Waals surface area contributed by atoms with Gasteiger partial charge in [0.1, 0.15) is 0 Å². The minimum absolute atomic E-state index is 0.260. The molecule has 2 aromatic rings. The number of nitrogens with zero attached hydrogens (tertiary/aromatic N) is 3. The monoisotopic (exact) mass is 279 g/mol. The number of halogens is 2. The molecule has 2 rings (SSSR count). The molecule has 0 atom stereocenters. The van der Waals surface area contributed by atoms with Gasteiger partial charge in [0.25, 0.3) is 0 Å². The Kier molecular flexibility index (Phi) is 3.60. The Morgan fingerprint density at radius 2 is 2.00 bits per heavy atom. The van der Waals surface area contributed by atoms with Gasteiger partial charge in [0.2, 0.25) is 0 Å². The van der Waals surface area contributed by atoms with Crippen LogP contribution < -0.4 is 4.90 Å². The average molecular weight is 280 g/mol. The Morgan fingerprint density at radius 1 is 1.28 bits per heavy atom. The van der Waals surface area contributed by atoms with E-state index in [0.29, 0.717) is 21.3 Å². The number of benzene rings is 1. The molecule has 3 nitrogen and oxygen atoms in total. The molecule has 0 saturated heterocycles. The Labute approximate surface area is 116 Å². The van der Waals surface area contributed by atoms with Crippen molar-refractivity contribution in [3.05, 3.63) is 33.9 Å². The highest BCUT2D eigenvalue weighted by Crippen LogP contribution is 2.33. The predicted molar refractivity (Wildman–Crippen MR) is 75.4 cm³/mol. The van der Waals surface area contributed by atoms with E-state index in [0.717, 1.165) is 11.1 Å². The molecule has 0 unspecified atom stereocenters. The Balaban J connectivity index is 2.82. The molecule has 0 amide bonds. The van der Waals surface area contributed by atoms with E-state index in [1.165, 1.54) is 0 Å². The van der Waals surface area contributed by atoms with Crippen LogP contribution in [0.25, 0.3) is 10.9 Å². The first kappa shape index (κ1) is 12.9. The van der Waals surface area contributed by atoms with Gasteiger partial charge in [-0.2, -0.15) is 5.26 Å². The SMILES string of the molecule is CN(C)c1cc(CC#N)nc2c(Cl)cc(Cl)cc12. The molecule has 0 N–H and O–H groups in total. The number of pyridine rings is 1. The van der Waals surface area contributed by atoms with Gasteiger partial charge in [0.15, 0.2) is 0 Å². The van der Waals surface area contributed by atoms with Crippen LogP contribution in [0.3, 0.4) is 0 Å². The van der Waals surface area contributed by atoms with Gasteiger partial charge >= 0.3 is 0 Å². The third kappa shape index (κ3) is 2.35. The molecule has 5 heteroatoms. The maximum absolute atomic E-state index is 8.78. The molecule has 1 heterocycles. The molecule has 0 spiro atoms. The van der Waals surface area contributed by atoms with Gasteiger partial charge in [-0.05, 0) is 18.2 Å². The molecule has 0 aliphatic heterocycles. The molecule has 0 aliphatic rings. The minimum atomic E-state index is 0.260. The van der Waals surface area contributed by atoms with E-state index >= 15 is 0 Å². The van der Waals surface area contributed by atoms with E-state index in [4.69, 9.17) is 28.5 Å². The van der Waals surface area contributed by atoms with E-state index in [1.54, 1.807) is 6.07 Å². The highest BCUT2D eigenvalue weighted by atomic mass is 35.5. The van der Waals surface area contributed by atoms with Crippen molar-refractivity contribution in [2.75, 3.05) is 19.0 Å². The fourth-order valence-corrected chi connectivity index (χ4v) is 2.36. The largest absolute Gasteiger partial charge is 0.377 e. The molecule has 0 bridgehead atoms. The van der Waals surface area contributed by atoms with Gasteiger partial charge in [-0.3, -0.25) is 4.98 Å². The maximum atomic E-state index is 8.78. The van der Waals surface area contributed by atoms with Crippen molar-refractivity contribution in [1.82, 2.24) is 4.98 Å². The summed E-state index contributed by atoms with van der Waals surface area (Å²) in [6.45, 7) is 0. The first-order chi connectivity index (χ1) is 8.52. The van der Waals surface area contributed by atoms with Crippen molar-refractivity contribution in [3.63, 3.8) is 0 Å². The molecule has 92 valence electrons. The lowest BCUT2D eigenvalue weighted by Gasteiger charge is -2.17. The van der Waals surface area contributed by atoms with Crippen molar-refractivity contribution < 1.29 is 0 Å². The Bertz CT molecular complexity index is 645. The zero-order valence-electron chi connectivity index (χ0n) is 10.0. The molecule has 0 aliphatic carbocycles. The predicted octanol–water partition coefficient (Wildman–Crippen LogP) is 3.67. The summed E-state index contributed by atoms with van der Waals surface area (Å²) in [7, 11) is 3.86. The molecule has 1 aromatic carbocycles. The van der Waals surface area contributed by atoms with Crippen LogP contribution in [0.4, 0.5) is 5.69 Å². The molecule has 0 radical (unpaired) electrons. The highest BCUT2D eigenvalue weighted by molar-refractivity contribution is 6.38. The number of anilines is 1. The second-order valence-corrected chi connectivity index (χ2v) is 4.99. The molecule has 0 fully saturated rings. The summed E-state index contributed by atoms with van der Waals surface area (Å²) >= 11 is 12.2. The zero-order chi connectivity index (χ0) is 13.3. The molecule has 0 saturated carbocycles. The smallest absolute Gasteiger partial charge is 0.0913 e. The first-order valence-electron chi connectivity index (χ1n) is 5.36. The summed E-state index contributed by atoms with van der Waals surface area (Å²) in [6.07, 6.45) is 0.260. The summed E-state index contributed by atoms with van der Waals surface area (Å²) in [5, 5.41) is 10.7. The summed E-state index contributed by atoms with van der Waals surface area (Å²) in [5.74, 6) is 0. The number of aromatic nitrogens is 1. The number of fused-ring (bicyclic) bond motifs is 1. The standard InChI is InChI=1S/C13H11Cl2N3/c1-18(2)12-7-9(3-4-16)17-13-10(12)5-8(14)6-11(13)15/h5-7H,3H2,1-2H3. The lowest BCUT2D eigenvalue weighted by molar-refractivity contribution is 1.10. The Morgan fingerprint density at radius 3 is 2.61 bits per heavy atom. The summed E-state index contributed by atoms with van der Waals surface area (Å²) < 4.78 is 0. The normalized spacial score (nSPS) is 10.4. The fraction of sp³-hybridized carbons (Fsp3) is 0.231. The van der Waals surface area contributed by atoms with E-state index in [-0.39, 0.29) is 6.42 Å². The van der Waals surface area contributed by atoms with Crippen LogP contribution in [0.2, 0.25) is 10.0 Å². The van der Waals surface area contributed by atoms with Gasteiger partial charge in [-0.25, -0.2) is 0 Å². The van der Waals surface area contributed by atoms with Gasteiger partial charge in [0.05, 0.1) is 28.7 Å². The molecule has 18 heavy (non-hydrogen) atoms. The second-order valence-electron chi connectivity index (χ2n) is 4.15. The van der Waals surface area contributed by atoms with Crippen molar-refractivity contribution in [2.45, 2.75) is 6.42 Å². The maximum Gasteiger partial charge on any atom is 0.0913 e. The minimum Gasteiger partial charge on any atom is -0.377 e. The molecule has 1 aromatic heterocycles. The quantitative estimate of drug-likeness (QED) is 0.842. The van der Waals surface area contributed by atoms with Crippen molar-refractivity contribution in [2.24, 2.45) is 0 Å². The van der Waals surface area contributed by atoms with E-state index in [9.17, 15) is 0 Å². The number of rotatable bonds is 2. The van der Waals surface area contributed by atoms with Crippen LogP contribution >= 0.6 is 23.2 Å². The number of nitriles is 1. The van der Waals surface area contributed by atoms with Crippen molar-refractivity contribution in [1.29, 1.82) is 5.26 Å². The average Bonchev–Trinajstić information content (AvgIpc) is 2.29. The number of hydrogen-bond donors (Lipinski definition) is 0. The van der Waals surface area contributed by atoms with E-state index < -0.39 is 0 Å². The summed E-state index contributed by atoms with van der Waals surface area (Å²) in [5.41, 5.74) is 2.34. The topological polar surface area (TPSA) is 39.9 Å². The summed E-state index contributed by atoms with van der Waals surface area (Å²) in [4.78, 5) is 6.36. The van der Waals surface area contributed by atoms with Crippen LogP contribution in [-0.4, -0.2) is 19.1 Å². The van der Waals surface area contributed by atoms with E-state index in [1.807, 2.05) is 31.1 Å². The van der Waals surface area contributed by atoms with E-state index in [2.05, 4.69) is 11.1 Å².